The number of anilines is 2. The molecule has 0 aliphatic rings. The van der Waals surface area contributed by atoms with Gasteiger partial charge in [0, 0.05) is 37.3 Å². The third-order valence-corrected chi connectivity index (χ3v) is 3.95. The highest BCUT2D eigenvalue weighted by Gasteiger charge is 2.15. The van der Waals surface area contributed by atoms with Crippen LogP contribution in [-0.2, 0) is 9.59 Å². The van der Waals surface area contributed by atoms with Crippen molar-refractivity contribution < 1.29 is 14.3 Å². The molecule has 0 aliphatic carbocycles. The SMILES string of the molecule is COc1cccc(NC(=O)CCN(C(C)=O)c2cc(C)ccc2C)c1. The third kappa shape index (κ3) is 5.08. The number of hydrogen-bond donors (Lipinski definition) is 1. The van der Waals surface area contributed by atoms with Crippen LogP contribution in [0.4, 0.5) is 11.4 Å². The van der Waals surface area contributed by atoms with Gasteiger partial charge in [0.1, 0.15) is 5.75 Å². The Kier molecular flexibility index (Phi) is 6.17. The van der Waals surface area contributed by atoms with Gasteiger partial charge in [0.05, 0.1) is 7.11 Å². The van der Waals surface area contributed by atoms with E-state index in [4.69, 9.17) is 4.74 Å². The average molecular weight is 340 g/mol. The molecule has 0 fully saturated rings. The Morgan fingerprint density at radius 1 is 1.12 bits per heavy atom. The highest BCUT2D eigenvalue weighted by molar-refractivity contribution is 5.95. The first-order chi connectivity index (χ1) is 11.9. The van der Waals surface area contributed by atoms with Crippen LogP contribution in [0.5, 0.6) is 5.75 Å². The van der Waals surface area contributed by atoms with E-state index in [-0.39, 0.29) is 18.2 Å². The molecule has 2 aromatic rings. The Hall–Kier alpha value is -2.82. The van der Waals surface area contributed by atoms with Gasteiger partial charge in [-0.2, -0.15) is 0 Å². The summed E-state index contributed by atoms with van der Waals surface area (Å²) in [4.78, 5) is 25.9. The van der Waals surface area contributed by atoms with E-state index >= 15 is 0 Å². The summed E-state index contributed by atoms with van der Waals surface area (Å²) >= 11 is 0. The summed E-state index contributed by atoms with van der Waals surface area (Å²) < 4.78 is 5.14. The van der Waals surface area contributed by atoms with E-state index in [1.54, 1.807) is 24.1 Å². The first kappa shape index (κ1) is 18.5. The molecule has 0 aromatic heterocycles. The molecule has 0 radical (unpaired) electrons. The van der Waals surface area contributed by atoms with Crippen LogP contribution in [0, 0.1) is 13.8 Å². The monoisotopic (exact) mass is 340 g/mol. The van der Waals surface area contributed by atoms with E-state index < -0.39 is 0 Å². The van der Waals surface area contributed by atoms with E-state index in [1.165, 1.54) is 6.92 Å². The normalized spacial score (nSPS) is 10.2. The van der Waals surface area contributed by atoms with E-state index in [0.717, 1.165) is 16.8 Å². The standard InChI is InChI=1S/C20H24N2O3/c1-14-8-9-15(2)19(12-14)22(16(3)23)11-10-20(24)21-17-6-5-7-18(13-17)25-4/h5-9,12-13H,10-11H2,1-4H3,(H,21,24). The lowest BCUT2D eigenvalue weighted by atomic mass is 10.1. The molecule has 0 atom stereocenters. The maximum absolute atomic E-state index is 12.2. The molecule has 0 unspecified atom stereocenters. The van der Waals surface area contributed by atoms with Crippen molar-refractivity contribution in [1.29, 1.82) is 0 Å². The topological polar surface area (TPSA) is 58.6 Å². The van der Waals surface area contributed by atoms with Crippen molar-refractivity contribution >= 4 is 23.2 Å². The van der Waals surface area contributed by atoms with Gasteiger partial charge >= 0.3 is 0 Å². The molecular formula is C20H24N2O3. The first-order valence-electron chi connectivity index (χ1n) is 8.20. The first-order valence-corrected chi connectivity index (χ1v) is 8.20. The highest BCUT2D eigenvalue weighted by Crippen LogP contribution is 2.22. The lowest BCUT2D eigenvalue weighted by Gasteiger charge is -2.23. The van der Waals surface area contributed by atoms with Gasteiger partial charge in [-0.1, -0.05) is 18.2 Å². The smallest absolute Gasteiger partial charge is 0.226 e. The summed E-state index contributed by atoms with van der Waals surface area (Å²) in [6.45, 7) is 5.79. The Bertz CT molecular complexity index is 771. The number of methoxy groups -OCH3 is 1. The molecule has 5 heteroatoms. The molecule has 1 N–H and O–H groups in total. The van der Waals surface area contributed by atoms with Gasteiger partial charge in [0.2, 0.25) is 11.8 Å². The minimum absolute atomic E-state index is 0.0807. The second kappa shape index (κ2) is 8.33. The van der Waals surface area contributed by atoms with E-state index in [0.29, 0.717) is 18.0 Å². The van der Waals surface area contributed by atoms with Crippen LogP contribution in [-0.4, -0.2) is 25.5 Å². The van der Waals surface area contributed by atoms with Crippen LogP contribution in [0.25, 0.3) is 0 Å². The fourth-order valence-corrected chi connectivity index (χ4v) is 2.60. The Labute approximate surface area is 148 Å². The van der Waals surface area contributed by atoms with Crippen molar-refractivity contribution in [3.05, 3.63) is 53.6 Å². The fraction of sp³-hybridized carbons (Fsp3) is 0.300. The molecular weight excluding hydrogens is 316 g/mol. The van der Waals surface area contributed by atoms with Crippen molar-refractivity contribution in [1.82, 2.24) is 0 Å². The van der Waals surface area contributed by atoms with Crippen molar-refractivity contribution in [2.75, 3.05) is 23.9 Å². The molecule has 0 saturated carbocycles. The zero-order chi connectivity index (χ0) is 18.4. The lowest BCUT2D eigenvalue weighted by molar-refractivity contribution is -0.117. The number of carbonyl (C=O) groups is 2. The maximum Gasteiger partial charge on any atom is 0.226 e. The number of nitrogens with zero attached hydrogens (tertiary/aromatic N) is 1. The van der Waals surface area contributed by atoms with Crippen molar-refractivity contribution in [3.63, 3.8) is 0 Å². The predicted octanol–water partition coefficient (Wildman–Crippen LogP) is 3.69. The summed E-state index contributed by atoms with van der Waals surface area (Å²) in [5, 5.41) is 2.83. The summed E-state index contributed by atoms with van der Waals surface area (Å²) in [7, 11) is 1.58. The number of aryl methyl sites for hydroxylation is 2. The molecule has 0 aliphatic heterocycles. The quantitative estimate of drug-likeness (QED) is 0.872. The van der Waals surface area contributed by atoms with Gasteiger partial charge in [0.15, 0.2) is 0 Å². The zero-order valence-electron chi connectivity index (χ0n) is 15.1. The summed E-state index contributed by atoms with van der Waals surface area (Å²) in [6, 6.07) is 13.1. The maximum atomic E-state index is 12.2. The van der Waals surface area contributed by atoms with Crippen LogP contribution in [0.1, 0.15) is 24.5 Å². The van der Waals surface area contributed by atoms with Gasteiger partial charge in [-0.3, -0.25) is 9.59 Å². The number of rotatable bonds is 6. The Morgan fingerprint density at radius 2 is 1.88 bits per heavy atom. The van der Waals surface area contributed by atoms with Crippen LogP contribution in [0.2, 0.25) is 0 Å². The number of carbonyl (C=O) groups excluding carboxylic acids is 2. The minimum Gasteiger partial charge on any atom is -0.497 e. The zero-order valence-corrected chi connectivity index (χ0v) is 15.1. The van der Waals surface area contributed by atoms with E-state index in [9.17, 15) is 9.59 Å². The summed E-state index contributed by atoms with van der Waals surface area (Å²) in [5.41, 5.74) is 3.61. The lowest BCUT2D eigenvalue weighted by Crippen LogP contribution is -2.32. The van der Waals surface area contributed by atoms with E-state index in [2.05, 4.69) is 5.32 Å². The van der Waals surface area contributed by atoms with E-state index in [1.807, 2.05) is 44.2 Å². The molecule has 0 spiro atoms. The van der Waals surface area contributed by atoms with Crippen LogP contribution in [0.15, 0.2) is 42.5 Å². The molecule has 132 valence electrons. The Balaban J connectivity index is 2.04. The molecule has 0 bridgehead atoms. The number of ether oxygens (including phenoxy) is 1. The molecule has 2 amide bonds. The molecule has 2 aromatic carbocycles. The number of amides is 2. The average Bonchev–Trinajstić information content (AvgIpc) is 2.58. The van der Waals surface area contributed by atoms with Crippen LogP contribution < -0.4 is 15.0 Å². The van der Waals surface area contributed by atoms with Crippen molar-refractivity contribution in [2.45, 2.75) is 27.2 Å². The highest BCUT2D eigenvalue weighted by atomic mass is 16.5. The summed E-state index contributed by atoms with van der Waals surface area (Å²) in [6.07, 6.45) is 0.212. The number of nitrogens with one attached hydrogen (secondary N) is 1. The molecule has 2 rings (SSSR count). The number of hydrogen-bond acceptors (Lipinski definition) is 3. The van der Waals surface area contributed by atoms with Crippen LogP contribution >= 0.6 is 0 Å². The number of benzene rings is 2. The Morgan fingerprint density at radius 3 is 2.56 bits per heavy atom. The molecule has 0 heterocycles. The van der Waals surface area contributed by atoms with Gasteiger partial charge in [-0.05, 0) is 43.2 Å². The summed E-state index contributed by atoms with van der Waals surface area (Å²) in [5.74, 6) is 0.450. The molecule has 25 heavy (non-hydrogen) atoms. The largest absolute Gasteiger partial charge is 0.497 e. The predicted molar refractivity (Wildman–Crippen MR) is 100 cm³/mol. The van der Waals surface area contributed by atoms with Crippen molar-refractivity contribution in [2.24, 2.45) is 0 Å². The van der Waals surface area contributed by atoms with Gasteiger partial charge in [-0.15, -0.1) is 0 Å². The molecule has 0 saturated heterocycles. The second-order valence-electron chi connectivity index (χ2n) is 5.99. The third-order valence-electron chi connectivity index (χ3n) is 3.95. The van der Waals surface area contributed by atoms with Gasteiger partial charge in [-0.25, -0.2) is 0 Å². The molecule has 5 nitrogen and oxygen atoms in total. The fourth-order valence-electron chi connectivity index (χ4n) is 2.60. The van der Waals surface area contributed by atoms with Gasteiger partial charge < -0.3 is 15.0 Å². The second-order valence-corrected chi connectivity index (χ2v) is 5.99. The van der Waals surface area contributed by atoms with Gasteiger partial charge in [0.25, 0.3) is 0 Å². The minimum atomic E-state index is -0.148. The van der Waals surface area contributed by atoms with Crippen molar-refractivity contribution in [3.8, 4) is 5.75 Å². The van der Waals surface area contributed by atoms with Crippen LogP contribution in [0.3, 0.4) is 0 Å².